The summed E-state index contributed by atoms with van der Waals surface area (Å²) in [5, 5.41) is 11.0. The number of carbonyl (C=O) groups is 2. The first kappa shape index (κ1) is 11.8. The molecule has 5 nitrogen and oxygen atoms in total. The Labute approximate surface area is 94.6 Å². The summed E-state index contributed by atoms with van der Waals surface area (Å²) >= 11 is 3.07. The molecule has 0 aromatic carbocycles. The molecule has 6 heteroatoms. The van der Waals surface area contributed by atoms with E-state index in [4.69, 9.17) is 9.52 Å². The molecule has 0 fully saturated rings. The molecule has 1 rings (SSSR count). The lowest BCUT2D eigenvalue weighted by Gasteiger charge is -2.09. The van der Waals surface area contributed by atoms with Crippen LogP contribution in [0.2, 0.25) is 0 Å². The van der Waals surface area contributed by atoms with Crippen LogP contribution < -0.4 is 5.32 Å². The SMILES string of the molecule is CC(CC(=O)O)NC(=O)c1ccc(Br)o1. The summed E-state index contributed by atoms with van der Waals surface area (Å²) in [5.74, 6) is -1.23. The Balaban J connectivity index is 2.52. The normalized spacial score (nSPS) is 12.1. The third kappa shape index (κ3) is 3.75. The first-order valence-electron chi connectivity index (χ1n) is 4.27. The Bertz CT molecular complexity index is 374. The second kappa shape index (κ2) is 4.97. The quantitative estimate of drug-likeness (QED) is 0.876. The molecular weight excluding hydrogens is 266 g/mol. The van der Waals surface area contributed by atoms with Crippen molar-refractivity contribution in [2.24, 2.45) is 0 Å². The van der Waals surface area contributed by atoms with Gasteiger partial charge < -0.3 is 14.8 Å². The number of amides is 1. The third-order valence-corrected chi connectivity index (χ3v) is 2.08. The van der Waals surface area contributed by atoms with Crippen LogP contribution in [0.15, 0.2) is 21.2 Å². The Morgan fingerprint density at radius 2 is 2.27 bits per heavy atom. The van der Waals surface area contributed by atoms with Crippen LogP contribution in [0.3, 0.4) is 0 Å². The van der Waals surface area contributed by atoms with E-state index in [1.165, 1.54) is 6.07 Å². The minimum absolute atomic E-state index is 0.117. The van der Waals surface area contributed by atoms with Crippen LogP contribution in [0.1, 0.15) is 23.9 Å². The van der Waals surface area contributed by atoms with Crippen LogP contribution in [0.5, 0.6) is 0 Å². The highest BCUT2D eigenvalue weighted by molar-refractivity contribution is 9.10. The van der Waals surface area contributed by atoms with E-state index in [1.54, 1.807) is 13.0 Å². The third-order valence-electron chi connectivity index (χ3n) is 1.66. The fraction of sp³-hybridized carbons (Fsp3) is 0.333. The summed E-state index contributed by atoms with van der Waals surface area (Å²) in [5.41, 5.74) is 0. The van der Waals surface area contributed by atoms with Gasteiger partial charge in [-0.3, -0.25) is 9.59 Å². The van der Waals surface area contributed by atoms with Gasteiger partial charge in [-0.05, 0) is 35.0 Å². The predicted molar refractivity (Wildman–Crippen MR) is 55.6 cm³/mol. The lowest BCUT2D eigenvalue weighted by molar-refractivity contribution is -0.137. The molecule has 0 aliphatic carbocycles. The summed E-state index contributed by atoms with van der Waals surface area (Å²) < 4.78 is 5.47. The van der Waals surface area contributed by atoms with Crippen molar-refractivity contribution in [3.63, 3.8) is 0 Å². The van der Waals surface area contributed by atoms with Crippen molar-refractivity contribution in [1.82, 2.24) is 5.32 Å². The summed E-state index contributed by atoms with van der Waals surface area (Å²) in [7, 11) is 0. The monoisotopic (exact) mass is 275 g/mol. The van der Waals surface area contributed by atoms with Gasteiger partial charge in [0.2, 0.25) is 0 Å². The van der Waals surface area contributed by atoms with Crippen LogP contribution in [0.25, 0.3) is 0 Å². The topological polar surface area (TPSA) is 79.5 Å². The maximum atomic E-state index is 11.4. The number of halogens is 1. The van der Waals surface area contributed by atoms with Crippen LogP contribution >= 0.6 is 15.9 Å². The number of hydrogen-bond acceptors (Lipinski definition) is 3. The van der Waals surface area contributed by atoms with Crippen LogP contribution in [0.4, 0.5) is 0 Å². The zero-order valence-electron chi connectivity index (χ0n) is 7.99. The molecule has 0 saturated carbocycles. The van der Waals surface area contributed by atoms with Crippen LogP contribution in [-0.4, -0.2) is 23.0 Å². The zero-order valence-corrected chi connectivity index (χ0v) is 9.58. The second-order valence-electron chi connectivity index (χ2n) is 3.08. The van der Waals surface area contributed by atoms with Crippen LogP contribution in [0, 0.1) is 0 Å². The lowest BCUT2D eigenvalue weighted by atomic mass is 10.2. The van der Waals surface area contributed by atoms with E-state index in [-0.39, 0.29) is 12.2 Å². The van der Waals surface area contributed by atoms with Crippen molar-refractivity contribution in [3.05, 3.63) is 22.6 Å². The van der Waals surface area contributed by atoms with Crippen molar-refractivity contribution in [1.29, 1.82) is 0 Å². The minimum atomic E-state index is -0.955. The molecule has 0 bridgehead atoms. The van der Waals surface area contributed by atoms with E-state index in [0.29, 0.717) is 4.67 Å². The lowest BCUT2D eigenvalue weighted by Crippen LogP contribution is -2.33. The summed E-state index contributed by atoms with van der Waals surface area (Å²) in [6.07, 6.45) is -0.117. The number of carboxylic acids is 1. The van der Waals surface area contributed by atoms with E-state index in [2.05, 4.69) is 21.2 Å². The first-order valence-corrected chi connectivity index (χ1v) is 5.06. The van der Waals surface area contributed by atoms with Gasteiger partial charge in [0.25, 0.3) is 5.91 Å². The Morgan fingerprint density at radius 1 is 1.60 bits per heavy atom. The van der Waals surface area contributed by atoms with Gasteiger partial charge in [-0.2, -0.15) is 0 Å². The Morgan fingerprint density at radius 3 is 2.73 bits per heavy atom. The standard InChI is InChI=1S/C9H10BrNO4/c1-5(4-8(12)13)11-9(14)6-2-3-7(10)15-6/h2-3,5H,4H2,1H3,(H,11,14)(H,12,13). The summed E-state index contributed by atoms with van der Waals surface area (Å²) in [6, 6.07) is 2.67. The van der Waals surface area contributed by atoms with Crippen molar-refractivity contribution in [3.8, 4) is 0 Å². The highest BCUT2D eigenvalue weighted by Crippen LogP contribution is 2.13. The highest BCUT2D eigenvalue weighted by Gasteiger charge is 2.14. The molecule has 0 spiro atoms. The average molecular weight is 276 g/mol. The fourth-order valence-corrected chi connectivity index (χ4v) is 1.35. The number of carbonyl (C=O) groups excluding carboxylic acids is 1. The molecule has 1 unspecified atom stereocenters. The number of hydrogen-bond donors (Lipinski definition) is 2. The molecule has 1 aromatic rings. The fourth-order valence-electron chi connectivity index (χ4n) is 1.04. The van der Waals surface area contributed by atoms with Gasteiger partial charge >= 0.3 is 5.97 Å². The molecule has 1 amide bonds. The van der Waals surface area contributed by atoms with Gasteiger partial charge in [0.1, 0.15) is 0 Å². The molecule has 0 aliphatic rings. The average Bonchev–Trinajstić information content (AvgIpc) is 2.49. The zero-order chi connectivity index (χ0) is 11.4. The van der Waals surface area contributed by atoms with Gasteiger partial charge in [0.05, 0.1) is 6.42 Å². The molecule has 2 N–H and O–H groups in total. The number of furan rings is 1. The molecular formula is C9H10BrNO4. The minimum Gasteiger partial charge on any atom is -0.481 e. The molecule has 1 aromatic heterocycles. The van der Waals surface area contributed by atoms with E-state index in [9.17, 15) is 9.59 Å². The Hall–Kier alpha value is -1.30. The molecule has 1 heterocycles. The molecule has 15 heavy (non-hydrogen) atoms. The predicted octanol–water partition coefficient (Wildman–Crippen LogP) is 1.64. The van der Waals surface area contributed by atoms with Gasteiger partial charge in [-0.1, -0.05) is 0 Å². The van der Waals surface area contributed by atoms with E-state index >= 15 is 0 Å². The van der Waals surface area contributed by atoms with Gasteiger partial charge in [-0.15, -0.1) is 0 Å². The number of aliphatic carboxylic acids is 1. The Kier molecular flexibility index (Phi) is 3.90. The summed E-state index contributed by atoms with van der Waals surface area (Å²) in [6.45, 7) is 1.62. The maximum absolute atomic E-state index is 11.4. The molecule has 0 aliphatic heterocycles. The number of carboxylic acid groups (broad SMARTS) is 1. The van der Waals surface area contributed by atoms with Crippen molar-refractivity contribution in [2.75, 3.05) is 0 Å². The first-order chi connectivity index (χ1) is 6.99. The van der Waals surface area contributed by atoms with E-state index in [0.717, 1.165) is 0 Å². The molecule has 0 saturated heterocycles. The number of nitrogens with one attached hydrogen (secondary N) is 1. The van der Waals surface area contributed by atoms with Gasteiger partial charge in [0, 0.05) is 6.04 Å². The van der Waals surface area contributed by atoms with Crippen molar-refractivity contribution < 1.29 is 19.1 Å². The van der Waals surface area contributed by atoms with Crippen LogP contribution in [-0.2, 0) is 4.79 Å². The second-order valence-corrected chi connectivity index (χ2v) is 3.86. The largest absolute Gasteiger partial charge is 0.481 e. The van der Waals surface area contributed by atoms with Crippen molar-refractivity contribution in [2.45, 2.75) is 19.4 Å². The molecule has 82 valence electrons. The van der Waals surface area contributed by atoms with Gasteiger partial charge in [0.15, 0.2) is 10.4 Å². The maximum Gasteiger partial charge on any atom is 0.305 e. The smallest absolute Gasteiger partial charge is 0.305 e. The van der Waals surface area contributed by atoms with Gasteiger partial charge in [-0.25, -0.2) is 0 Å². The molecule has 0 radical (unpaired) electrons. The number of rotatable bonds is 4. The van der Waals surface area contributed by atoms with Crippen molar-refractivity contribution >= 4 is 27.8 Å². The van der Waals surface area contributed by atoms with E-state index < -0.39 is 17.9 Å². The highest BCUT2D eigenvalue weighted by atomic mass is 79.9. The van der Waals surface area contributed by atoms with E-state index in [1.807, 2.05) is 0 Å². The summed E-state index contributed by atoms with van der Waals surface area (Å²) in [4.78, 5) is 21.8. The molecule has 1 atom stereocenters.